The minimum absolute atomic E-state index is 0.00890. The highest BCUT2D eigenvalue weighted by atomic mass is 19.1. The van der Waals surface area contributed by atoms with Crippen LogP contribution in [-0.2, 0) is 9.59 Å². The van der Waals surface area contributed by atoms with Crippen LogP contribution in [0.5, 0.6) is 5.75 Å². The number of ether oxygens (including phenoxy) is 1. The molecule has 0 saturated carbocycles. The number of aliphatic hydroxyl groups excluding tert-OH is 1. The molecule has 0 radical (unpaired) electrons. The van der Waals surface area contributed by atoms with E-state index in [2.05, 4.69) is 18.7 Å². The number of carbonyl (C=O) groups excluding carboxylic acids is 2. The highest BCUT2D eigenvalue weighted by molar-refractivity contribution is 6.46. The van der Waals surface area contributed by atoms with Crippen molar-refractivity contribution >= 4 is 17.4 Å². The summed E-state index contributed by atoms with van der Waals surface area (Å²) in [6, 6.07) is 11.5. The van der Waals surface area contributed by atoms with Crippen molar-refractivity contribution in [3.05, 3.63) is 71.0 Å². The van der Waals surface area contributed by atoms with E-state index in [1.807, 2.05) is 0 Å². The quantitative estimate of drug-likeness (QED) is 0.363. The van der Waals surface area contributed by atoms with Crippen molar-refractivity contribution in [2.45, 2.75) is 26.3 Å². The third kappa shape index (κ3) is 4.83. The summed E-state index contributed by atoms with van der Waals surface area (Å²) in [7, 11) is 1.53. The molecule has 0 aromatic heterocycles. The molecule has 32 heavy (non-hydrogen) atoms. The maximum Gasteiger partial charge on any atom is 0.295 e. The van der Waals surface area contributed by atoms with E-state index in [4.69, 9.17) is 4.74 Å². The molecular weight excluding hydrogens is 411 g/mol. The molecule has 1 N–H and O–H groups in total. The standard InChI is InChI=1S/C25H29FN2O4/c1-4-27(5-2)15-6-16-28-22(17-7-11-19(26)12-8-17)21(24(30)25(28)31)23(29)18-9-13-20(32-3)14-10-18/h7-14,22,29H,4-6,15-16H2,1-3H3/b23-21+/t22-/m1/s1. The van der Waals surface area contributed by atoms with Gasteiger partial charge in [-0.1, -0.05) is 26.0 Å². The lowest BCUT2D eigenvalue weighted by Crippen LogP contribution is -2.33. The van der Waals surface area contributed by atoms with E-state index in [1.54, 1.807) is 36.4 Å². The van der Waals surface area contributed by atoms with Crippen LogP contribution in [0.4, 0.5) is 4.39 Å². The molecule has 1 atom stereocenters. The summed E-state index contributed by atoms with van der Waals surface area (Å²) in [5, 5.41) is 11.0. The van der Waals surface area contributed by atoms with Gasteiger partial charge < -0.3 is 19.6 Å². The van der Waals surface area contributed by atoms with Gasteiger partial charge in [-0.15, -0.1) is 0 Å². The highest BCUT2D eigenvalue weighted by Crippen LogP contribution is 2.39. The van der Waals surface area contributed by atoms with E-state index >= 15 is 0 Å². The maximum absolute atomic E-state index is 13.6. The van der Waals surface area contributed by atoms with E-state index in [1.165, 1.54) is 24.1 Å². The number of amides is 1. The van der Waals surface area contributed by atoms with Crippen molar-refractivity contribution in [3.8, 4) is 5.75 Å². The minimum atomic E-state index is -0.783. The van der Waals surface area contributed by atoms with Gasteiger partial charge in [0.2, 0.25) is 0 Å². The summed E-state index contributed by atoms with van der Waals surface area (Å²) in [6.07, 6.45) is 0.676. The van der Waals surface area contributed by atoms with Gasteiger partial charge >= 0.3 is 0 Å². The van der Waals surface area contributed by atoms with Crippen LogP contribution < -0.4 is 4.74 Å². The third-order valence-electron chi connectivity index (χ3n) is 5.86. The Bertz CT molecular complexity index is 982. The molecular formula is C25H29FN2O4. The van der Waals surface area contributed by atoms with Gasteiger partial charge in [0.1, 0.15) is 17.3 Å². The first-order chi connectivity index (χ1) is 15.4. The normalized spacial score (nSPS) is 17.9. The number of benzene rings is 2. The fraction of sp³-hybridized carbons (Fsp3) is 0.360. The Morgan fingerprint density at radius 2 is 1.69 bits per heavy atom. The number of aliphatic hydroxyl groups is 1. The number of ketones is 1. The fourth-order valence-corrected chi connectivity index (χ4v) is 4.01. The molecule has 1 aliphatic heterocycles. The number of halogens is 1. The molecule has 1 aliphatic rings. The van der Waals surface area contributed by atoms with Gasteiger partial charge in [0.05, 0.1) is 18.7 Å². The molecule has 1 fully saturated rings. The van der Waals surface area contributed by atoms with E-state index < -0.39 is 23.5 Å². The second-order valence-corrected chi connectivity index (χ2v) is 7.65. The Kier molecular flexibility index (Phi) is 7.64. The van der Waals surface area contributed by atoms with Crippen molar-refractivity contribution < 1.29 is 23.8 Å². The lowest BCUT2D eigenvalue weighted by atomic mass is 9.95. The summed E-state index contributed by atoms with van der Waals surface area (Å²) in [6.45, 7) is 7.07. The topological polar surface area (TPSA) is 70.1 Å². The van der Waals surface area contributed by atoms with Crippen LogP contribution in [0.3, 0.4) is 0 Å². The molecule has 1 amide bonds. The number of hydrogen-bond acceptors (Lipinski definition) is 5. The van der Waals surface area contributed by atoms with Gasteiger partial charge in [-0.25, -0.2) is 4.39 Å². The van der Waals surface area contributed by atoms with Crippen molar-refractivity contribution in [2.24, 2.45) is 0 Å². The first kappa shape index (κ1) is 23.5. The van der Waals surface area contributed by atoms with Gasteiger partial charge in [0.25, 0.3) is 11.7 Å². The van der Waals surface area contributed by atoms with Gasteiger partial charge in [-0.2, -0.15) is 0 Å². The Labute approximate surface area is 187 Å². The number of nitrogens with zero attached hydrogens (tertiary/aromatic N) is 2. The largest absolute Gasteiger partial charge is 0.507 e. The van der Waals surface area contributed by atoms with E-state index in [0.717, 1.165) is 19.6 Å². The van der Waals surface area contributed by atoms with Crippen LogP contribution >= 0.6 is 0 Å². The van der Waals surface area contributed by atoms with Crippen molar-refractivity contribution in [3.63, 3.8) is 0 Å². The predicted octanol–water partition coefficient (Wildman–Crippen LogP) is 3.99. The lowest BCUT2D eigenvalue weighted by molar-refractivity contribution is -0.140. The average molecular weight is 441 g/mol. The van der Waals surface area contributed by atoms with Gasteiger partial charge in [0, 0.05) is 12.1 Å². The SMILES string of the molecule is CCN(CC)CCCN1C(=O)C(=O)/C(=C(/O)c2ccc(OC)cc2)[C@H]1c1ccc(F)cc1. The van der Waals surface area contributed by atoms with E-state index in [-0.39, 0.29) is 11.3 Å². The first-order valence-electron chi connectivity index (χ1n) is 10.8. The van der Waals surface area contributed by atoms with Crippen molar-refractivity contribution in [2.75, 3.05) is 33.3 Å². The average Bonchev–Trinajstić information content (AvgIpc) is 3.07. The number of hydrogen-bond donors (Lipinski definition) is 1. The van der Waals surface area contributed by atoms with Crippen LogP contribution in [0, 0.1) is 5.82 Å². The molecule has 0 aliphatic carbocycles. The summed E-state index contributed by atoms with van der Waals surface area (Å²) < 4.78 is 18.7. The Hall–Kier alpha value is -3.19. The molecule has 2 aromatic rings. The fourth-order valence-electron chi connectivity index (χ4n) is 4.01. The van der Waals surface area contributed by atoms with E-state index in [0.29, 0.717) is 29.8 Å². The maximum atomic E-state index is 13.6. The predicted molar refractivity (Wildman–Crippen MR) is 121 cm³/mol. The Balaban J connectivity index is 2.01. The summed E-state index contributed by atoms with van der Waals surface area (Å²) in [5.74, 6) is -1.47. The minimum Gasteiger partial charge on any atom is -0.507 e. The molecule has 0 spiro atoms. The second kappa shape index (κ2) is 10.4. The lowest BCUT2D eigenvalue weighted by Gasteiger charge is -2.26. The number of rotatable bonds is 9. The van der Waals surface area contributed by atoms with Crippen LogP contribution in [0.2, 0.25) is 0 Å². The monoisotopic (exact) mass is 440 g/mol. The molecule has 1 heterocycles. The van der Waals surface area contributed by atoms with Crippen LogP contribution in [0.15, 0.2) is 54.1 Å². The molecule has 6 nitrogen and oxygen atoms in total. The highest BCUT2D eigenvalue weighted by Gasteiger charge is 2.45. The van der Waals surface area contributed by atoms with Gasteiger partial charge in [0.15, 0.2) is 0 Å². The van der Waals surface area contributed by atoms with Gasteiger partial charge in [-0.05, 0) is 68.0 Å². The number of methoxy groups -OCH3 is 1. The second-order valence-electron chi connectivity index (χ2n) is 7.65. The molecule has 0 bridgehead atoms. The third-order valence-corrected chi connectivity index (χ3v) is 5.86. The van der Waals surface area contributed by atoms with Crippen molar-refractivity contribution in [1.29, 1.82) is 0 Å². The smallest absolute Gasteiger partial charge is 0.295 e. The number of carbonyl (C=O) groups is 2. The number of Topliss-reactive ketones (excluding diaryl/α,β-unsaturated/α-hetero) is 1. The van der Waals surface area contributed by atoms with Crippen LogP contribution in [0.1, 0.15) is 37.4 Å². The molecule has 1 saturated heterocycles. The van der Waals surface area contributed by atoms with Crippen LogP contribution in [0.25, 0.3) is 5.76 Å². The molecule has 170 valence electrons. The van der Waals surface area contributed by atoms with E-state index in [9.17, 15) is 19.1 Å². The molecule has 7 heteroatoms. The Morgan fingerprint density at radius 1 is 1.06 bits per heavy atom. The Morgan fingerprint density at radius 3 is 2.25 bits per heavy atom. The first-order valence-corrected chi connectivity index (χ1v) is 10.8. The summed E-state index contributed by atoms with van der Waals surface area (Å²) in [5.41, 5.74) is 0.983. The van der Waals surface area contributed by atoms with Gasteiger partial charge in [-0.3, -0.25) is 9.59 Å². The summed E-state index contributed by atoms with van der Waals surface area (Å²) in [4.78, 5) is 29.7. The molecule has 2 aromatic carbocycles. The zero-order chi connectivity index (χ0) is 23.3. The zero-order valence-electron chi connectivity index (χ0n) is 18.7. The molecule has 3 rings (SSSR count). The number of likely N-dealkylation sites (tertiary alicyclic amines) is 1. The summed E-state index contributed by atoms with van der Waals surface area (Å²) >= 11 is 0. The molecule has 0 unspecified atom stereocenters. The van der Waals surface area contributed by atoms with Crippen molar-refractivity contribution in [1.82, 2.24) is 9.80 Å². The zero-order valence-corrected chi connectivity index (χ0v) is 18.7. The van der Waals surface area contributed by atoms with Crippen LogP contribution in [-0.4, -0.2) is 59.9 Å².